The second kappa shape index (κ2) is 7.38. The molecule has 10 heteroatoms. The Morgan fingerprint density at radius 1 is 1.13 bits per heavy atom. The van der Waals surface area contributed by atoms with Crippen LogP contribution >= 0.6 is 0 Å². The van der Waals surface area contributed by atoms with Crippen molar-refractivity contribution in [2.24, 2.45) is 0 Å². The highest BCUT2D eigenvalue weighted by Crippen LogP contribution is 2.29. The number of sulfone groups is 1. The predicted molar refractivity (Wildman–Crippen MR) is 114 cm³/mol. The molecule has 0 unspecified atom stereocenters. The Hall–Kier alpha value is -3.53. The van der Waals surface area contributed by atoms with Gasteiger partial charge in [-0.2, -0.15) is 10.1 Å². The van der Waals surface area contributed by atoms with Gasteiger partial charge in [0.2, 0.25) is 5.95 Å². The summed E-state index contributed by atoms with van der Waals surface area (Å²) in [6, 6.07) is 11.0. The molecule has 2 N–H and O–H groups in total. The van der Waals surface area contributed by atoms with E-state index in [4.69, 9.17) is 0 Å². The number of aromatic nitrogens is 4. The van der Waals surface area contributed by atoms with Crippen LogP contribution in [0.4, 0.5) is 27.7 Å². The van der Waals surface area contributed by atoms with E-state index in [1.54, 1.807) is 42.4 Å². The number of fused-ring (bicyclic) bond motifs is 1. The number of anilines is 4. The molecule has 0 bridgehead atoms. The largest absolute Gasteiger partial charge is 0.324 e. The van der Waals surface area contributed by atoms with Crippen LogP contribution in [0, 0.1) is 12.7 Å². The fraction of sp³-hybridized carbons (Fsp3) is 0.150. The highest BCUT2D eigenvalue weighted by molar-refractivity contribution is 7.90. The molecule has 2 aromatic heterocycles. The molecule has 4 aromatic rings. The molecule has 0 radical (unpaired) electrons. The van der Waals surface area contributed by atoms with Gasteiger partial charge in [-0.05, 0) is 55.0 Å². The van der Waals surface area contributed by atoms with Gasteiger partial charge in [-0.15, -0.1) is 0 Å². The summed E-state index contributed by atoms with van der Waals surface area (Å²) in [5, 5.41) is 10.8. The van der Waals surface area contributed by atoms with Crippen LogP contribution in [0.3, 0.4) is 0 Å². The first-order valence-corrected chi connectivity index (χ1v) is 10.9. The number of benzene rings is 2. The van der Waals surface area contributed by atoms with E-state index in [0.717, 1.165) is 11.8 Å². The molecule has 154 valence electrons. The van der Waals surface area contributed by atoms with Crippen LogP contribution in [-0.2, 0) is 9.84 Å². The highest BCUT2D eigenvalue weighted by Gasteiger charge is 2.15. The van der Waals surface area contributed by atoms with Crippen LogP contribution in [0.1, 0.15) is 5.56 Å². The summed E-state index contributed by atoms with van der Waals surface area (Å²) in [4.78, 5) is 10.6. The Kier molecular flexibility index (Phi) is 4.86. The summed E-state index contributed by atoms with van der Waals surface area (Å²) in [6.07, 6.45) is 2.73. The van der Waals surface area contributed by atoms with Gasteiger partial charge < -0.3 is 10.2 Å². The van der Waals surface area contributed by atoms with E-state index in [9.17, 15) is 12.8 Å². The van der Waals surface area contributed by atoms with Crippen LogP contribution in [0.5, 0.6) is 0 Å². The van der Waals surface area contributed by atoms with Crippen molar-refractivity contribution in [2.45, 2.75) is 11.8 Å². The van der Waals surface area contributed by atoms with Gasteiger partial charge in [-0.3, -0.25) is 5.10 Å². The van der Waals surface area contributed by atoms with E-state index in [0.29, 0.717) is 28.2 Å². The summed E-state index contributed by atoms with van der Waals surface area (Å²) in [6.45, 7) is 1.81. The van der Waals surface area contributed by atoms with Crippen LogP contribution in [0.2, 0.25) is 0 Å². The SMILES string of the molecule is Cc1cc(Nc2nccc(N(C)c3n[nH]c4ccc(F)cc34)n2)cc(S(C)(=O)=O)c1. The molecular weight excluding hydrogens is 407 g/mol. The molecule has 2 aromatic carbocycles. The van der Waals surface area contributed by atoms with Gasteiger partial charge in [0.1, 0.15) is 11.6 Å². The van der Waals surface area contributed by atoms with Crippen molar-refractivity contribution in [2.75, 3.05) is 23.5 Å². The van der Waals surface area contributed by atoms with Gasteiger partial charge >= 0.3 is 0 Å². The maximum atomic E-state index is 13.7. The molecule has 0 saturated heterocycles. The van der Waals surface area contributed by atoms with Crippen LogP contribution < -0.4 is 10.2 Å². The Balaban J connectivity index is 1.66. The molecule has 2 heterocycles. The maximum Gasteiger partial charge on any atom is 0.229 e. The standard InChI is InChI=1S/C20H19FN6O2S/c1-12-8-14(11-15(9-12)30(3,28)29)23-20-22-7-6-18(24-20)27(2)19-16-10-13(21)4-5-17(16)25-26-19/h4-11H,1-3H3,(H,25,26)(H,22,23,24). The molecular formula is C20H19FN6O2S. The number of H-pyrrole nitrogens is 1. The first kappa shape index (κ1) is 19.8. The second-order valence-electron chi connectivity index (χ2n) is 6.97. The Morgan fingerprint density at radius 3 is 2.70 bits per heavy atom. The second-order valence-corrected chi connectivity index (χ2v) is 8.98. The monoisotopic (exact) mass is 426 g/mol. The van der Waals surface area contributed by atoms with E-state index in [1.807, 2.05) is 6.92 Å². The number of aromatic amines is 1. The van der Waals surface area contributed by atoms with Gasteiger partial charge in [-0.25, -0.2) is 17.8 Å². The van der Waals surface area contributed by atoms with Crippen molar-refractivity contribution in [3.63, 3.8) is 0 Å². The van der Waals surface area contributed by atoms with Gasteiger partial charge in [0.15, 0.2) is 15.7 Å². The zero-order chi connectivity index (χ0) is 21.5. The average Bonchev–Trinajstić information content (AvgIpc) is 3.09. The zero-order valence-corrected chi connectivity index (χ0v) is 17.3. The van der Waals surface area contributed by atoms with Gasteiger partial charge in [0.25, 0.3) is 0 Å². The minimum absolute atomic E-state index is 0.211. The first-order valence-electron chi connectivity index (χ1n) is 9.00. The molecule has 0 fully saturated rings. The predicted octanol–water partition coefficient (Wildman–Crippen LogP) is 3.72. The normalized spacial score (nSPS) is 11.6. The first-order chi connectivity index (χ1) is 14.2. The zero-order valence-electron chi connectivity index (χ0n) is 16.5. The van der Waals surface area contributed by atoms with Crippen molar-refractivity contribution in [3.8, 4) is 0 Å². The van der Waals surface area contributed by atoms with Gasteiger partial charge in [0.05, 0.1) is 10.4 Å². The van der Waals surface area contributed by atoms with E-state index >= 15 is 0 Å². The number of hydrogen-bond donors (Lipinski definition) is 2. The number of hydrogen-bond acceptors (Lipinski definition) is 7. The molecule has 0 atom stereocenters. The summed E-state index contributed by atoms with van der Waals surface area (Å²) < 4.78 is 37.5. The van der Waals surface area contributed by atoms with Gasteiger partial charge in [0, 0.05) is 30.6 Å². The maximum absolute atomic E-state index is 13.7. The molecule has 0 saturated carbocycles. The average molecular weight is 426 g/mol. The third kappa shape index (κ3) is 3.94. The van der Waals surface area contributed by atoms with Crippen molar-refractivity contribution in [1.82, 2.24) is 20.2 Å². The molecule has 0 spiro atoms. The Morgan fingerprint density at radius 2 is 1.93 bits per heavy atom. The minimum Gasteiger partial charge on any atom is -0.324 e. The molecule has 0 amide bonds. The highest BCUT2D eigenvalue weighted by atomic mass is 32.2. The fourth-order valence-corrected chi connectivity index (χ4v) is 3.84. The van der Waals surface area contributed by atoms with Crippen molar-refractivity contribution in [1.29, 1.82) is 0 Å². The quantitative estimate of drug-likeness (QED) is 0.501. The van der Waals surface area contributed by atoms with E-state index in [2.05, 4.69) is 25.5 Å². The summed E-state index contributed by atoms with van der Waals surface area (Å²) in [5.41, 5.74) is 2.06. The minimum atomic E-state index is -3.35. The molecule has 0 aliphatic carbocycles. The summed E-state index contributed by atoms with van der Waals surface area (Å²) >= 11 is 0. The van der Waals surface area contributed by atoms with Crippen molar-refractivity contribution >= 4 is 44.0 Å². The lowest BCUT2D eigenvalue weighted by molar-refractivity contribution is 0.602. The number of rotatable bonds is 5. The van der Waals surface area contributed by atoms with Crippen LogP contribution in [0.25, 0.3) is 10.9 Å². The lowest BCUT2D eigenvalue weighted by Crippen LogP contribution is -2.13. The number of nitrogens with zero attached hydrogens (tertiary/aromatic N) is 4. The van der Waals surface area contributed by atoms with E-state index in [1.165, 1.54) is 18.2 Å². The summed E-state index contributed by atoms with van der Waals surface area (Å²) in [5.74, 6) is 0.977. The molecule has 0 aliphatic rings. The van der Waals surface area contributed by atoms with Crippen molar-refractivity contribution < 1.29 is 12.8 Å². The van der Waals surface area contributed by atoms with E-state index < -0.39 is 9.84 Å². The third-order valence-corrected chi connectivity index (χ3v) is 5.63. The lowest BCUT2D eigenvalue weighted by Gasteiger charge is -2.16. The smallest absolute Gasteiger partial charge is 0.229 e. The topological polar surface area (TPSA) is 104 Å². The fourth-order valence-electron chi connectivity index (χ4n) is 3.10. The number of halogens is 1. The third-order valence-electron chi connectivity index (χ3n) is 4.54. The van der Waals surface area contributed by atoms with Crippen molar-refractivity contribution in [3.05, 3.63) is 60.0 Å². The Bertz CT molecular complexity index is 1350. The molecule has 30 heavy (non-hydrogen) atoms. The number of aryl methyl sites for hydroxylation is 1. The Labute approximate surface area is 172 Å². The summed E-state index contributed by atoms with van der Waals surface area (Å²) in [7, 11) is -1.58. The van der Waals surface area contributed by atoms with Crippen LogP contribution in [-0.4, -0.2) is 41.9 Å². The molecule has 4 rings (SSSR count). The molecule has 8 nitrogen and oxygen atoms in total. The number of nitrogens with one attached hydrogen (secondary N) is 2. The van der Waals surface area contributed by atoms with E-state index in [-0.39, 0.29) is 16.7 Å². The van der Waals surface area contributed by atoms with Gasteiger partial charge in [-0.1, -0.05) is 0 Å². The van der Waals surface area contributed by atoms with Crippen LogP contribution in [0.15, 0.2) is 53.6 Å². The molecule has 0 aliphatic heterocycles. The lowest BCUT2D eigenvalue weighted by atomic mass is 10.2.